The second-order valence-corrected chi connectivity index (χ2v) is 4.87. The second-order valence-electron chi connectivity index (χ2n) is 4.87. The van der Waals surface area contributed by atoms with Gasteiger partial charge in [-0.2, -0.15) is 0 Å². The first-order valence-electron chi connectivity index (χ1n) is 6.32. The van der Waals surface area contributed by atoms with E-state index in [9.17, 15) is 9.50 Å². The van der Waals surface area contributed by atoms with Crippen molar-refractivity contribution < 1.29 is 9.50 Å². The summed E-state index contributed by atoms with van der Waals surface area (Å²) in [4.78, 5) is 0. The fourth-order valence-corrected chi connectivity index (χ4v) is 2.13. The molecule has 100 valence electrons. The highest BCUT2D eigenvalue weighted by Gasteiger charge is 2.21. The fourth-order valence-electron chi connectivity index (χ4n) is 2.13. The van der Waals surface area contributed by atoms with Crippen LogP contribution in [0.25, 0.3) is 11.1 Å². The molecule has 0 aliphatic rings. The monoisotopic (exact) mass is 259 g/mol. The zero-order valence-electron chi connectivity index (χ0n) is 10.9. The average molecular weight is 259 g/mol. The van der Waals surface area contributed by atoms with E-state index >= 15 is 0 Å². The molecule has 0 radical (unpaired) electrons. The van der Waals surface area contributed by atoms with Gasteiger partial charge in [0.2, 0.25) is 0 Å². The van der Waals surface area contributed by atoms with E-state index in [2.05, 4.69) is 0 Å². The zero-order valence-corrected chi connectivity index (χ0v) is 10.9. The van der Waals surface area contributed by atoms with E-state index < -0.39 is 5.60 Å². The molecule has 0 amide bonds. The standard InChI is InChI=1S/C16H18FNO/c1-16(19,10-11-18)13-8-6-12(7-9-13)14-4-2-3-5-15(14)17/h2-9,19H,10-11,18H2,1H3. The van der Waals surface area contributed by atoms with Crippen molar-refractivity contribution in [1.29, 1.82) is 0 Å². The fraction of sp³-hybridized carbons (Fsp3) is 0.250. The largest absolute Gasteiger partial charge is 0.385 e. The molecule has 2 rings (SSSR count). The molecule has 2 aromatic rings. The third-order valence-corrected chi connectivity index (χ3v) is 3.32. The maximum atomic E-state index is 13.7. The highest BCUT2D eigenvalue weighted by molar-refractivity contribution is 5.64. The first-order valence-corrected chi connectivity index (χ1v) is 6.32. The summed E-state index contributed by atoms with van der Waals surface area (Å²) in [5, 5.41) is 10.2. The summed E-state index contributed by atoms with van der Waals surface area (Å²) < 4.78 is 13.7. The van der Waals surface area contributed by atoms with Crippen LogP contribution in [0.15, 0.2) is 48.5 Å². The van der Waals surface area contributed by atoms with Crippen molar-refractivity contribution >= 4 is 0 Å². The van der Waals surface area contributed by atoms with Gasteiger partial charge in [0.1, 0.15) is 5.82 Å². The summed E-state index contributed by atoms with van der Waals surface area (Å²) in [7, 11) is 0. The molecule has 3 heteroatoms. The summed E-state index contributed by atoms with van der Waals surface area (Å²) in [5.74, 6) is -0.246. The summed E-state index contributed by atoms with van der Waals surface area (Å²) in [6, 6.07) is 13.9. The van der Waals surface area contributed by atoms with Crippen LogP contribution in [0.5, 0.6) is 0 Å². The number of halogens is 1. The molecule has 0 aromatic heterocycles. The molecular formula is C16H18FNO. The molecule has 0 bridgehead atoms. The van der Waals surface area contributed by atoms with Gasteiger partial charge in [-0.15, -0.1) is 0 Å². The number of hydrogen-bond acceptors (Lipinski definition) is 2. The van der Waals surface area contributed by atoms with Crippen LogP contribution in [-0.4, -0.2) is 11.7 Å². The van der Waals surface area contributed by atoms with Gasteiger partial charge in [-0.1, -0.05) is 42.5 Å². The lowest BCUT2D eigenvalue weighted by molar-refractivity contribution is 0.0504. The van der Waals surface area contributed by atoms with Crippen LogP contribution in [0.4, 0.5) is 4.39 Å². The van der Waals surface area contributed by atoms with Crippen molar-refractivity contribution in [3.8, 4) is 11.1 Å². The van der Waals surface area contributed by atoms with E-state index in [-0.39, 0.29) is 5.82 Å². The summed E-state index contributed by atoms with van der Waals surface area (Å²) in [6.07, 6.45) is 0.492. The van der Waals surface area contributed by atoms with Crippen LogP contribution in [0, 0.1) is 5.82 Å². The van der Waals surface area contributed by atoms with Crippen molar-refractivity contribution in [2.75, 3.05) is 6.54 Å². The number of rotatable bonds is 4. The molecule has 0 aliphatic carbocycles. The minimum Gasteiger partial charge on any atom is -0.385 e. The lowest BCUT2D eigenvalue weighted by atomic mass is 9.91. The highest BCUT2D eigenvalue weighted by Crippen LogP contribution is 2.28. The lowest BCUT2D eigenvalue weighted by Crippen LogP contribution is -2.24. The van der Waals surface area contributed by atoms with Gasteiger partial charge in [0.15, 0.2) is 0 Å². The van der Waals surface area contributed by atoms with E-state index in [4.69, 9.17) is 5.73 Å². The highest BCUT2D eigenvalue weighted by atomic mass is 19.1. The van der Waals surface area contributed by atoms with Gasteiger partial charge in [0.05, 0.1) is 5.60 Å². The van der Waals surface area contributed by atoms with E-state index in [1.54, 1.807) is 25.1 Å². The van der Waals surface area contributed by atoms with Gasteiger partial charge in [0.25, 0.3) is 0 Å². The predicted octanol–water partition coefficient (Wildman–Crippen LogP) is 3.05. The minimum atomic E-state index is -0.942. The summed E-state index contributed by atoms with van der Waals surface area (Å²) in [6.45, 7) is 2.15. The van der Waals surface area contributed by atoms with Crippen LogP contribution < -0.4 is 5.73 Å². The van der Waals surface area contributed by atoms with Gasteiger partial charge in [0, 0.05) is 5.56 Å². The van der Waals surface area contributed by atoms with Gasteiger partial charge in [-0.3, -0.25) is 0 Å². The van der Waals surface area contributed by atoms with Crippen molar-refractivity contribution in [3.63, 3.8) is 0 Å². The Morgan fingerprint density at radius 1 is 1.11 bits per heavy atom. The third-order valence-electron chi connectivity index (χ3n) is 3.32. The first-order chi connectivity index (χ1) is 9.04. The Morgan fingerprint density at radius 3 is 2.32 bits per heavy atom. The Morgan fingerprint density at radius 2 is 1.74 bits per heavy atom. The summed E-state index contributed by atoms with van der Waals surface area (Å²) >= 11 is 0. The van der Waals surface area contributed by atoms with E-state index in [0.717, 1.165) is 11.1 Å². The smallest absolute Gasteiger partial charge is 0.131 e. The van der Waals surface area contributed by atoms with Crippen LogP contribution in [0.2, 0.25) is 0 Å². The molecule has 0 fully saturated rings. The van der Waals surface area contributed by atoms with Crippen molar-refractivity contribution in [2.24, 2.45) is 5.73 Å². The maximum absolute atomic E-state index is 13.7. The van der Waals surface area contributed by atoms with Crippen LogP contribution in [0.3, 0.4) is 0 Å². The molecule has 0 spiro atoms. The quantitative estimate of drug-likeness (QED) is 0.886. The number of nitrogens with two attached hydrogens (primary N) is 1. The normalized spacial score (nSPS) is 14.1. The third kappa shape index (κ3) is 3.00. The maximum Gasteiger partial charge on any atom is 0.131 e. The van der Waals surface area contributed by atoms with Crippen molar-refractivity contribution in [3.05, 3.63) is 59.9 Å². The zero-order chi connectivity index (χ0) is 13.9. The van der Waals surface area contributed by atoms with E-state index in [1.807, 2.05) is 24.3 Å². The second kappa shape index (κ2) is 5.51. The first kappa shape index (κ1) is 13.7. The topological polar surface area (TPSA) is 46.2 Å². The number of hydrogen-bond donors (Lipinski definition) is 2. The van der Waals surface area contributed by atoms with Crippen molar-refractivity contribution in [1.82, 2.24) is 0 Å². The molecular weight excluding hydrogens is 241 g/mol. The molecule has 2 nitrogen and oxygen atoms in total. The van der Waals surface area contributed by atoms with E-state index in [1.165, 1.54) is 6.07 Å². The molecule has 0 aliphatic heterocycles. The molecule has 1 unspecified atom stereocenters. The van der Waals surface area contributed by atoms with Crippen LogP contribution >= 0.6 is 0 Å². The molecule has 0 saturated heterocycles. The van der Waals surface area contributed by atoms with E-state index in [0.29, 0.717) is 18.5 Å². The summed E-state index contributed by atoms with van der Waals surface area (Å²) in [5.41, 5.74) is 6.69. The molecule has 3 N–H and O–H groups in total. The Bertz CT molecular complexity index is 549. The van der Waals surface area contributed by atoms with Gasteiger partial charge in [-0.05, 0) is 37.1 Å². The lowest BCUT2D eigenvalue weighted by Gasteiger charge is -2.23. The Kier molecular flexibility index (Phi) is 3.98. The van der Waals surface area contributed by atoms with Gasteiger partial charge >= 0.3 is 0 Å². The average Bonchev–Trinajstić information content (AvgIpc) is 2.39. The SMILES string of the molecule is CC(O)(CCN)c1ccc(-c2ccccc2F)cc1. The van der Waals surface area contributed by atoms with Crippen LogP contribution in [-0.2, 0) is 5.60 Å². The molecule has 1 atom stereocenters. The molecule has 0 saturated carbocycles. The number of benzene rings is 2. The van der Waals surface area contributed by atoms with Gasteiger partial charge < -0.3 is 10.8 Å². The Balaban J connectivity index is 2.31. The molecule has 2 aromatic carbocycles. The van der Waals surface area contributed by atoms with Crippen LogP contribution in [0.1, 0.15) is 18.9 Å². The van der Waals surface area contributed by atoms with Crippen molar-refractivity contribution in [2.45, 2.75) is 18.9 Å². The predicted molar refractivity (Wildman–Crippen MR) is 75.1 cm³/mol. The molecule has 19 heavy (non-hydrogen) atoms. The molecule has 0 heterocycles. The Hall–Kier alpha value is -1.71. The number of aliphatic hydroxyl groups is 1. The van der Waals surface area contributed by atoms with Gasteiger partial charge in [-0.25, -0.2) is 4.39 Å². The minimum absolute atomic E-state index is 0.246. The Labute approximate surface area is 112 Å².